The minimum Gasteiger partial charge on any atom is -0.448 e. The molecule has 1 aromatic rings. The summed E-state index contributed by atoms with van der Waals surface area (Å²) >= 11 is 5.87. The number of halogens is 1. The number of carbonyl (C=O) groups excluding carboxylic acids is 2. The number of carbonyl (C=O) groups is 2. The molecule has 0 radical (unpaired) electrons. The van der Waals surface area contributed by atoms with E-state index < -0.39 is 6.09 Å². The van der Waals surface area contributed by atoms with Crippen molar-refractivity contribution < 1.29 is 14.3 Å². The molecular formula is C12H16ClN3O3. The lowest BCUT2D eigenvalue weighted by Gasteiger charge is -2.11. The summed E-state index contributed by atoms with van der Waals surface area (Å²) in [6, 6.07) is 5.01. The number of anilines is 1. The van der Waals surface area contributed by atoms with Gasteiger partial charge in [0.1, 0.15) is 6.61 Å². The molecule has 0 aromatic heterocycles. The zero-order valence-electron chi connectivity index (χ0n) is 10.5. The maximum Gasteiger partial charge on any atom is 0.404 e. The number of primary amides is 1. The molecule has 19 heavy (non-hydrogen) atoms. The average molecular weight is 286 g/mol. The lowest BCUT2D eigenvalue weighted by Crippen LogP contribution is -2.29. The number of nitrogens with one attached hydrogen (secondary N) is 2. The van der Waals surface area contributed by atoms with E-state index in [4.69, 9.17) is 17.3 Å². The molecule has 0 atom stereocenters. The van der Waals surface area contributed by atoms with Crippen molar-refractivity contribution in [2.45, 2.75) is 6.92 Å². The molecule has 0 saturated heterocycles. The van der Waals surface area contributed by atoms with Gasteiger partial charge in [-0.25, -0.2) is 4.79 Å². The first kappa shape index (κ1) is 15.1. The first-order chi connectivity index (χ1) is 9.04. The molecule has 2 amide bonds. The SMILES string of the molecule is CCNc1ccc(Cl)cc1C(=O)NCCOC(N)=O. The van der Waals surface area contributed by atoms with Gasteiger partial charge >= 0.3 is 6.09 Å². The molecule has 0 fully saturated rings. The van der Waals surface area contributed by atoms with Gasteiger partial charge in [-0.1, -0.05) is 11.6 Å². The number of hydrogen-bond acceptors (Lipinski definition) is 4. The predicted octanol–water partition coefficient (Wildman–Crippen LogP) is 1.60. The number of rotatable bonds is 6. The molecule has 0 saturated carbocycles. The van der Waals surface area contributed by atoms with E-state index in [0.717, 1.165) is 0 Å². The van der Waals surface area contributed by atoms with Crippen LogP contribution < -0.4 is 16.4 Å². The first-order valence-corrected chi connectivity index (χ1v) is 6.16. The summed E-state index contributed by atoms with van der Waals surface area (Å²) in [5.74, 6) is -0.300. The average Bonchev–Trinajstić information content (AvgIpc) is 2.36. The minimum absolute atomic E-state index is 0.0260. The second-order valence-corrected chi connectivity index (χ2v) is 4.08. The number of nitrogens with two attached hydrogens (primary N) is 1. The van der Waals surface area contributed by atoms with Gasteiger partial charge in [0.15, 0.2) is 0 Å². The highest BCUT2D eigenvalue weighted by atomic mass is 35.5. The van der Waals surface area contributed by atoms with Crippen LogP contribution in [0.3, 0.4) is 0 Å². The predicted molar refractivity (Wildman–Crippen MR) is 73.5 cm³/mol. The molecule has 0 aliphatic heterocycles. The van der Waals surface area contributed by atoms with Crippen molar-refractivity contribution in [1.82, 2.24) is 5.32 Å². The van der Waals surface area contributed by atoms with E-state index in [1.54, 1.807) is 18.2 Å². The van der Waals surface area contributed by atoms with Gasteiger partial charge in [-0.2, -0.15) is 0 Å². The fraction of sp³-hybridized carbons (Fsp3) is 0.333. The summed E-state index contributed by atoms with van der Waals surface area (Å²) in [5.41, 5.74) is 5.94. The Morgan fingerprint density at radius 2 is 2.16 bits per heavy atom. The van der Waals surface area contributed by atoms with Gasteiger partial charge in [-0.3, -0.25) is 4.79 Å². The molecule has 0 aliphatic rings. The largest absolute Gasteiger partial charge is 0.448 e. The van der Waals surface area contributed by atoms with Crippen molar-refractivity contribution in [3.63, 3.8) is 0 Å². The van der Waals surface area contributed by atoms with Crippen molar-refractivity contribution in [3.8, 4) is 0 Å². The Kier molecular flexibility index (Phi) is 5.95. The third kappa shape index (κ3) is 5.05. The summed E-state index contributed by atoms with van der Waals surface area (Å²) in [6.45, 7) is 2.82. The van der Waals surface area contributed by atoms with E-state index >= 15 is 0 Å². The number of hydrogen-bond donors (Lipinski definition) is 3. The van der Waals surface area contributed by atoms with Crippen LogP contribution in [-0.2, 0) is 4.74 Å². The fourth-order valence-corrected chi connectivity index (χ4v) is 1.63. The highest BCUT2D eigenvalue weighted by Gasteiger charge is 2.11. The van der Waals surface area contributed by atoms with Crippen LogP contribution in [0.2, 0.25) is 5.02 Å². The van der Waals surface area contributed by atoms with E-state index in [-0.39, 0.29) is 19.1 Å². The second kappa shape index (κ2) is 7.48. The molecule has 6 nitrogen and oxygen atoms in total. The van der Waals surface area contributed by atoms with Crippen LogP contribution in [0.15, 0.2) is 18.2 Å². The quantitative estimate of drug-likeness (QED) is 0.692. The maximum atomic E-state index is 12.0. The zero-order valence-corrected chi connectivity index (χ0v) is 11.3. The highest BCUT2D eigenvalue weighted by Crippen LogP contribution is 2.20. The van der Waals surface area contributed by atoms with Crippen LogP contribution in [0.25, 0.3) is 0 Å². The Labute approximate surface area is 116 Å². The van der Waals surface area contributed by atoms with Crippen LogP contribution in [0.5, 0.6) is 0 Å². The van der Waals surface area contributed by atoms with Crippen molar-refractivity contribution in [3.05, 3.63) is 28.8 Å². The Morgan fingerprint density at radius 3 is 2.79 bits per heavy atom. The van der Waals surface area contributed by atoms with Crippen molar-refractivity contribution in [2.75, 3.05) is 25.0 Å². The van der Waals surface area contributed by atoms with Crippen LogP contribution in [0, 0.1) is 0 Å². The van der Waals surface area contributed by atoms with Gasteiger partial charge in [-0.05, 0) is 25.1 Å². The molecule has 1 rings (SSSR count). The summed E-state index contributed by atoms with van der Waals surface area (Å²) in [4.78, 5) is 22.3. The van der Waals surface area contributed by atoms with E-state index in [0.29, 0.717) is 22.8 Å². The van der Waals surface area contributed by atoms with Gasteiger partial charge < -0.3 is 21.1 Å². The van der Waals surface area contributed by atoms with E-state index in [1.165, 1.54) is 0 Å². The van der Waals surface area contributed by atoms with Gasteiger partial charge in [-0.15, -0.1) is 0 Å². The van der Waals surface area contributed by atoms with Crippen LogP contribution in [0.1, 0.15) is 17.3 Å². The van der Waals surface area contributed by atoms with E-state index in [2.05, 4.69) is 15.4 Å². The molecule has 0 unspecified atom stereocenters. The van der Waals surface area contributed by atoms with Crippen molar-refractivity contribution >= 4 is 29.3 Å². The zero-order chi connectivity index (χ0) is 14.3. The summed E-state index contributed by atoms with van der Waals surface area (Å²) in [6.07, 6.45) is -0.870. The minimum atomic E-state index is -0.870. The van der Waals surface area contributed by atoms with Gasteiger partial charge in [0.25, 0.3) is 5.91 Å². The maximum absolute atomic E-state index is 12.0. The van der Waals surface area contributed by atoms with Crippen molar-refractivity contribution in [2.24, 2.45) is 5.73 Å². The molecule has 4 N–H and O–H groups in total. The molecule has 0 aliphatic carbocycles. The molecule has 7 heteroatoms. The molecule has 104 valence electrons. The number of ether oxygens (including phenoxy) is 1. The monoisotopic (exact) mass is 285 g/mol. The molecule has 1 aromatic carbocycles. The third-order valence-corrected chi connectivity index (χ3v) is 2.46. The second-order valence-electron chi connectivity index (χ2n) is 3.64. The fourth-order valence-electron chi connectivity index (χ4n) is 1.46. The third-order valence-electron chi connectivity index (χ3n) is 2.23. The van der Waals surface area contributed by atoms with Crippen molar-refractivity contribution in [1.29, 1.82) is 0 Å². The number of benzene rings is 1. The summed E-state index contributed by atoms with van der Waals surface area (Å²) in [5, 5.41) is 6.15. The molecule has 0 bridgehead atoms. The lowest BCUT2D eigenvalue weighted by molar-refractivity contribution is 0.0937. The summed E-state index contributed by atoms with van der Waals surface area (Å²) < 4.78 is 4.51. The Morgan fingerprint density at radius 1 is 1.42 bits per heavy atom. The Bertz CT molecular complexity index is 466. The first-order valence-electron chi connectivity index (χ1n) is 5.78. The van der Waals surface area contributed by atoms with Gasteiger partial charge in [0.2, 0.25) is 0 Å². The normalized spacial score (nSPS) is 9.79. The Balaban J connectivity index is 2.64. The molecule has 0 heterocycles. The van der Waals surface area contributed by atoms with Crippen LogP contribution in [-0.4, -0.2) is 31.7 Å². The summed E-state index contributed by atoms with van der Waals surface area (Å²) in [7, 11) is 0. The lowest BCUT2D eigenvalue weighted by atomic mass is 10.1. The topological polar surface area (TPSA) is 93.4 Å². The molecule has 0 spiro atoms. The van der Waals surface area contributed by atoms with Crippen LogP contribution >= 0.6 is 11.6 Å². The Hall–Kier alpha value is -1.95. The molecular weight excluding hydrogens is 270 g/mol. The smallest absolute Gasteiger partial charge is 0.404 e. The number of amides is 2. The van der Waals surface area contributed by atoms with E-state index in [9.17, 15) is 9.59 Å². The van der Waals surface area contributed by atoms with Gasteiger partial charge in [0.05, 0.1) is 12.1 Å². The highest BCUT2D eigenvalue weighted by molar-refractivity contribution is 6.31. The standard InChI is InChI=1S/C12H16ClN3O3/c1-2-15-10-4-3-8(13)7-9(10)11(17)16-5-6-19-12(14)18/h3-4,7,15H,2,5-6H2,1H3,(H2,14,18)(H,16,17). The van der Waals surface area contributed by atoms with Gasteiger partial charge in [0, 0.05) is 17.3 Å². The van der Waals surface area contributed by atoms with Crippen LogP contribution in [0.4, 0.5) is 10.5 Å². The van der Waals surface area contributed by atoms with E-state index in [1.807, 2.05) is 6.92 Å².